The Morgan fingerprint density at radius 1 is 1.67 bits per heavy atom. The molecule has 2 nitrogen and oxygen atoms in total. The highest BCUT2D eigenvalue weighted by Gasteiger charge is 1.90. The molecule has 0 atom stereocenters. The van der Waals surface area contributed by atoms with Crippen molar-refractivity contribution in [1.82, 2.24) is 4.98 Å². The first-order chi connectivity index (χ1) is 4.33. The lowest BCUT2D eigenvalue weighted by Crippen LogP contribution is -1.98. The van der Waals surface area contributed by atoms with Gasteiger partial charge in [-0.2, -0.15) is 0 Å². The van der Waals surface area contributed by atoms with Gasteiger partial charge in [0, 0.05) is 12.7 Å². The van der Waals surface area contributed by atoms with Crippen LogP contribution in [0.15, 0.2) is 18.3 Å². The number of halogens is 1. The van der Waals surface area contributed by atoms with E-state index >= 15 is 0 Å². The van der Waals surface area contributed by atoms with Crippen LogP contribution in [0.2, 0.25) is 0 Å². The van der Waals surface area contributed by atoms with E-state index in [-0.39, 0.29) is 12.4 Å². The summed E-state index contributed by atoms with van der Waals surface area (Å²) in [5.74, 6) is -0.287. The van der Waals surface area contributed by atoms with Crippen molar-refractivity contribution in [2.24, 2.45) is 5.73 Å². The van der Waals surface area contributed by atoms with E-state index < -0.39 is 0 Å². The van der Waals surface area contributed by atoms with E-state index in [2.05, 4.69) is 4.98 Å². The second-order valence-electron chi connectivity index (χ2n) is 1.67. The van der Waals surface area contributed by atoms with Crippen LogP contribution in [0.25, 0.3) is 0 Å². The van der Waals surface area contributed by atoms with Crippen molar-refractivity contribution in [3.63, 3.8) is 0 Å². The van der Waals surface area contributed by atoms with Gasteiger partial charge in [0.25, 0.3) is 0 Å². The van der Waals surface area contributed by atoms with E-state index in [1.54, 1.807) is 0 Å². The maximum Gasteiger partial charge on any atom is 0.126 e. The maximum atomic E-state index is 12.3. The molecule has 0 amide bonds. The second kappa shape index (κ2) is 2.55. The summed E-state index contributed by atoms with van der Waals surface area (Å²) in [6.07, 6.45) is 1.40. The van der Waals surface area contributed by atoms with Gasteiger partial charge < -0.3 is 5.73 Å². The smallest absolute Gasteiger partial charge is 0.126 e. The predicted octanol–water partition coefficient (Wildman–Crippen LogP) is 0.679. The molecule has 0 radical (unpaired) electrons. The van der Waals surface area contributed by atoms with E-state index in [1.807, 2.05) is 0 Å². The Hall–Kier alpha value is -0.960. The topological polar surface area (TPSA) is 38.9 Å². The number of hydrogen-bond acceptors (Lipinski definition) is 2. The van der Waals surface area contributed by atoms with Gasteiger partial charge >= 0.3 is 0 Å². The lowest BCUT2D eigenvalue weighted by Gasteiger charge is -1.92. The highest BCUT2D eigenvalue weighted by atomic mass is 19.1. The monoisotopic (exact) mass is 126 g/mol. The molecule has 0 aliphatic heterocycles. The van der Waals surface area contributed by atoms with E-state index in [0.717, 1.165) is 0 Å². The molecule has 1 heterocycles. The number of pyridine rings is 1. The first-order valence-electron chi connectivity index (χ1n) is 2.63. The van der Waals surface area contributed by atoms with Crippen LogP contribution in [0.3, 0.4) is 0 Å². The van der Waals surface area contributed by atoms with E-state index in [1.165, 1.54) is 18.3 Å². The van der Waals surface area contributed by atoms with E-state index in [4.69, 9.17) is 5.73 Å². The molecular weight excluding hydrogens is 119 g/mol. The van der Waals surface area contributed by atoms with Crippen LogP contribution in [0, 0.1) is 5.82 Å². The highest BCUT2D eigenvalue weighted by molar-refractivity contribution is 5.04. The molecule has 0 fully saturated rings. The van der Waals surface area contributed by atoms with Gasteiger partial charge in [-0.15, -0.1) is 0 Å². The fourth-order valence-electron chi connectivity index (χ4n) is 0.560. The molecule has 0 aromatic carbocycles. The molecule has 1 aromatic heterocycles. The molecule has 1 aromatic rings. The van der Waals surface area contributed by atoms with Crippen molar-refractivity contribution in [2.45, 2.75) is 6.54 Å². The van der Waals surface area contributed by atoms with Crippen molar-refractivity contribution >= 4 is 0 Å². The van der Waals surface area contributed by atoms with Gasteiger partial charge in [0.2, 0.25) is 0 Å². The summed E-state index contributed by atoms with van der Waals surface area (Å²) in [7, 11) is 0. The van der Waals surface area contributed by atoms with Gasteiger partial charge in [0.05, 0.1) is 5.69 Å². The third kappa shape index (κ3) is 1.47. The standard InChI is InChI=1S/C6H7FN2/c7-5-1-2-9-6(3-5)4-8/h1-3H,4,8H2. The molecule has 1 rings (SSSR count). The molecular formula is C6H7FN2. The number of rotatable bonds is 1. The molecule has 48 valence electrons. The SMILES string of the molecule is NCc1cc(F)ccn1. The number of hydrogen-bond donors (Lipinski definition) is 1. The van der Waals surface area contributed by atoms with Crippen molar-refractivity contribution in [3.8, 4) is 0 Å². The van der Waals surface area contributed by atoms with Crippen LogP contribution in [0.5, 0.6) is 0 Å². The summed E-state index contributed by atoms with van der Waals surface area (Å²) in [5, 5.41) is 0. The molecule has 2 N–H and O–H groups in total. The average molecular weight is 126 g/mol. The zero-order chi connectivity index (χ0) is 6.69. The summed E-state index contributed by atoms with van der Waals surface area (Å²) < 4.78 is 12.3. The minimum absolute atomic E-state index is 0.287. The molecule has 0 aliphatic carbocycles. The number of aromatic nitrogens is 1. The molecule has 0 saturated heterocycles. The summed E-state index contributed by atoms with van der Waals surface area (Å²) in [5.41, 5.74) is 5.77. The van der Waals surface area contributed by atoms with Crippen molar-refractivity contribution in [2.75, 3.05) is 0 Å². The normalized spacial score (nSPS) is 9.56. The van der Waals surface area contributed by atoms with Gasteiger partial charge in [0.1, 0.15) is 5.82 Å². The Morgan fingerprint density at radius 3 is 2.89 bits per heavy atom. The predicted molar refractivity (Wildman–Crippen MR) is 32.1 cm³/mol. The third-order valence-electron chi connectivity index (χ3n) is 0.988. The first kappa shape index (κ1) is 6.16. The quantitative estimate of drug-likeness (QED) is 0.601. The third-order valence-corrected chi connectivity index (χ3v) is 0.988. The van der Waals surface area contributed by atoms with Crippen molar-refractivity contribution < 1.29 is 4.39 Å². The molecule has 0 saturated carbocycles. The van der Waals surface area contributed by atoms with Crippen molar-refractivity contribution in [1.29, 1.82) is 0 Å². The van der Waals surface area contributed by atoms with Crippen LogP contribution in [-0.4, -0.2) is 4.98 Å². The molecule has 9 heavy (non-hydrogen) atoms. The molecule has 0 spiro atoms. The van der Waals surface area contributed by atoms with Crippen LogP contribution in [-0.2, 0) is 6.54 Å². The minimum Gasteiger partial charge on any atom is -0.325 e. The minimum atomic E-state index is -0.287. The summed E-state index contributed by atoms with van der Waals surface area (Å²) in [6, 6.07) is 2.61. The first-order valence-corrected chi connectivity index (χ1v) is 2.63. The van der Waals surface area contributed by atoms with E-state index in [9.17, 15) is 4.39 Å². The fourth-order valence-corrected chi connectivity index (χ4v) is 0.560. The Kier molecular flexibility index (Phi) is 1.75. The van der Waals surface area contributed by atoms with Crippen LogP contribution >= 0.6 is 0 Å². The van der Waals surface area contributed by atoms with Crippen LogP contribution in [0.4, 0.5) is 4.39 Å². The average Bonchev–Trinajstić information content (AvgIpc) is 1.88. The summed E-state index contributed by atoms with van der Waals surface area (Å²) >= 11 is 0. The maximum absolute atomic E-state index is 12.3. The Morgan fingerprint density at radius 2 is 2.44 bits per heavy atom. The lowest BCUT2D eigenvalue weighted by molar-refractivity contribution is 0.622. The van der Waals surface area contributed by atoms with Gasteiger partial charge in [-0.1, -0.05) is 0 Å². The molecule has 0 aliphatic rings. The Bertz CT molecular complexity index is 200. The number of nitrogens with two attached hydrogens (primary N) is 1. The van der Waals surface area contributed by atoms with Crippen LogP contribution in [0.1, 0.15) is 5.69 Å². The largest absolute Gasteiger partial charge is 0.325 e. The molecule has 3 heteroatoms. The van der Waals surface area contributed by atoms with Gasteiger partial charge in [-0.05, 0) is 12.1 Å². The Balaban J connectivity index is 2.94. The zero-order valence-corrected chi connectivity index (χ0v) is 4.84. The van der Waals surface area contributed by atoms with E-state index in [0.29, 0.717) is 5.69 Å². The Labute approximate surface area is 52.5 Å². The zero-order valence-electron chi connectivity index (χ0n) is 4.84. The fraction of sp³-hybridized carbons (Fsp3) is 0.167. The van der Waals surface area contributed by atoms with Crippen molar-refractivity contribution in [3.05, 3.63) is 29.8 Å². The summed E-state index contributed by atoms with van der Waals surface area (Å²) in [4.78, 5) is 3.79. The number of nitrogens with zero attached hydrogens (tertiary/aromatic N) is 1. The molecule has 0 unspecified atom stereocenters. The molecule has 0 bridgehead atoms. The van der Waals surface area contributed by atoms with Gasteiger partial charge in [0.15, 0.2) is 0 Å². The van der Waals surface area contributed by atoms with Gasteiger partial charge in [-0.3, -0.25) is 4.98 Å². The van der Waals surface area contributed by atoms with Crippen LogP contribution < -0.4 is 5.73 Å². The second-order valence-corrected chi connectivity index (χ2v) is 1.67. The summed E-state index contributed by atoms with van der Waals surface area (Å²) in [6.45, 7) is 0.289. The highest BCUT2D eigenvalue weighted by Crippen LogP contribution is 1.96. The van der Waals surface area contributed by atoms with Gasteiger partial charge in [-0.25, -0.2) is 4.39 Å². The lowest BCUT2D eigenvalue weighted by atomic mass is 10.3.